The van der Waals surface area contributed by atoms with Crippen LogP contribution < -0.4 is 5.32 Å². The number of pyridine rings is 1. The fourth-order valence-electron chi connectivity index (χ4n) is 2.20. The molecule has 2 aromatic rings. The summed E-state index contributed by atoms with van der Waals surface area (Å²) < 4.78 is 0. The molecule has 0 saturated heterocycles. The molecule has 1 aliphatic carbocycles. The lowest BCUT2D eigenvalue weighted by atomic mass is 10.0. The molecule has 0 unspecified atom stereocenters. The zero-order valence-electron chi connectivity index (χ0n) is 10.8. The second kappa shape index (κ2) is 5.72. The van der Waals surface area contributed by atoms with Crippen LogP contribution in [0.3, 0.4) is 0 Å². The van der Waals surface area contributed by atoms with Crippen molar-refractivity contribution in [3.8, 4) is 0 Å². The molecule has 3 rings (SSSR count). The number of aromatic nitrogens is 1. The van der Waals surface area contributed by atoms with Gasteiger partial charge in [-0.15, -0.1) is 0 Å². The second-order valence-electron chi connectivity index (χ2n) is 5.11. The van der Waals surface area contributed by atoms with Gasteiger partial charge in [0.15, 0.2) is 0 Å². The SMILES string of the molecule is Clc1ccc(CNC2CC2)c(Cc2cccnc2)c1. The van der Waals surface area contributed by atoms with Crippen LogP contribution in [-0.4, -0.2) is 11.0 Å². The van der Waals surface area contributed by atoms with Gasteiger partial charge in [0.05, 0.1) is 0 Å². The summed E-state index contributed by atoms with van der Waals surface area (Å²) in [5.41, 5.74) is 3.84. The molecule has 3 heteroatoms. The highest BCUT2D eigenvalue weighted by molar-refractivity contribution is 6.30. The summed E-state index contributed by atoms with van der Waals surface area (Å²) in [6, 6.07) is 11.0. The molecule has 1 aliphatic rings. The minimum atomic E-state index is 0.724. The first-order chi connectivity index (χ1) is 9.31. The van der Waals surface area contributed by atoms with Crippen molar-refractivity contribution in [2.24, 2.45) is 0 Å². The Hall–Kier alpha value is -1.38. The van der Waals surface area contributed by atoms with E-state index in [1.807, 2.05) is 18.3 Å². The van der Waals surface area contributed by atoms with Gasteiger partial charge in [0.25, 0.3) is 0 Å². The maximum atomic E-state index is 6.12. The Morgan fingerprint density at radius 2 is 2.11 bits per heavy atom. The van der Waals surface area contributed by atoms with Gasteiger partial charge in [-0.1, -0.05) is 23.7 Å². The molecule has 0 radical (unpaired) electrons. The van der Waals surface area contributed by atoms with Crippen LogP contribution in [0.2, 0.25) is 5.02 Å². The van der Waals surface area contributed by atoms with Crippen molar-refractivity contribution in [2.75, 3.05) is 0 Å². The predicted molar refractivity (Wildman–Crippen MR) is 78.4 cm³/mol. The zero-order chi connectivity index (χ0) is 13.1. The van der Waals surface area contributed by atoms with Crippen LogP contribution >= 0.6 is 11.6 Å². The van der Waals surface area contributed by atoms with Gasteiger partial charge in [-0.2, -0.15) is 0 Å². The summed E-state index contributed by atoms with van der Waals surface area (Å²) in [5, 5.41) is 4.36. The lowest BCUT2D eigenvalue weighted by Crippen LogP contribution is -2.16. The molecular weight excluding hydrogens is 256 g/mol. The van der Waals surface area contributed by atoms with E-state index in [4.69, 9.17) is 11.6 Å². The van der Waals surface area contributed by atoms with E-state index in [1.165, 1.54) is 29.5 Å². The number of benzene rings is 1. The van der Waals surface area contributed by atoms with E-state index < -0.39 is 0 Å². The number of halogens is 1. The Labute approximate surface area is 118 Å². The van der Waals surface area contributed by atoms with Crippen LogP contribution in [0.4, 0.5) is 0 Å². The molecule has 0 amide bonds. The van der Waals surface area contributed by atoms with Gasteiger partial charge in [0.1, 0.15) is 0 Å². The van der Waals surface area contributed by atoms with Gasteiger partial charge in [-0.05, 0) is 54.2 Å². The van der Waals surface area contributed by atoms with E-state index >= 15 is 0 Å². The van der Waals surface area contributed by atoms with Gasteiger partial charge in [0.2, 0.25) is 0 Å². The number of hydrogen-bond acceptors (Lipinski definition) is 2. The second-order valence-corrected chi connectivity index (χ2v) is 5.54. The fourth-order valence-corrected chi connectivity index (χ4v) is 2.39. The number of nitrogens with zero attached hydrogens (tertiary/aromatic N) is 1. The van der Waals surface area contributed by atoms with E-state index in [9.17, 15) is 0 Å². The largest absolute Gasteiger partial charge is 0.310 e. The van der Waals surface area contributed by atoms with Crippen molar-refractivity contribution in [1.82, 2.24) is 10.3 Å². The molecule has 1 fully saturated rings. The molecule has 1 saturated carbocycles. The van der Waals surface area contributed by atoms with Crippen LogP contribution in [-0.2, 0) is 13.0 Å². The van der Waals surface area contributed by atoms with Gasteiger partial charge < -0.3 is 5.32 Å². The number of hydrogen-bond donors (Lipinski definition) is 1. The quantitative estimate of drug-likeness (QED) is 0.900. The molecule has 0 atom stereocenters. The van der Waals surface area contributed by atoms with Crippen LogP contribution in [0.5, 0.6) is 0 Å². The maximum Gasteiger partial charge on any atom is 0.0409 e. The summed E-state index contributed by atoms with van der Waals surface area (Å²) in [6.45, 7) is 0.928. The lowest BCUT2D eigenvalue weighted by Gasteiger charge is -2.11. The fraction of sp³-hybridized carbons (Fsp3) is 0.312. The first-order valence-corrected chi connectivity index (χ1v) is 7.08. The molecule has 1 heterocycles. The van der Waals surface area contributed by atoms with Crippen LogP contribution in [0.1, 0.15) is 29.5 Å². The van der Waals surface area contributed by atoms with Gasteiger partial charge in [-0.25, -0.2) is 0 Å². The molecular formula is C16H17ClN2. The topological polar surface area (TPSA) is 24.9 Å². The van der Waals surface area contributed by atoms with Crippen molar-refractivity contribution >= 4 is 11.6 Å². The van der Waals surface area contributed by atoms with E-state index in [1.54, 1.807) is 6.20 Å². The molecule has 1 aromatic carbocycles. The first kappa shape index (κ1) is 12.6. The molecule has 1 aromatic heterocycles. The van der Waals surface area contributed by atoms with Gasteiger partial charge >= 0.3 is 0 Å². The smallest absolute Gasteiger partial charge is 0.0409 e. The summed E-state index contributed by atoms with van der Waals surface area (Å²) in [5.74, 6) is 0. The minimum absolute atomic E-state index is 0.724. The average molecular weight is 273 g/mol. The molecule has 0 bridgehead atoms. The normalized spacial score (nSPS) is 14.6. The van der Waals surface area contributed by atoms with Crippen molar-refractivity contribution in [3.05, 3.63) is 64.4 Å². The highest BCUT2D eigenvalue weighted by Gasteiger charge is 2.20. The van der Waals surface area contributed by atoms with E-state index in [2.05, 4.69) is 28.5 Å². The van der Waals surface area contributed by atoms with Gasteiger partial charge in [0, 0.05) is 30.0 Å². The maximum absolute atomic E-state index is 6.12. The lowest BCUT2D eigenvalue weighted by molar-refractivity contribution is 0.683. The van der Waals surface area contributed by atoms with Crippen LogP contribution in [0, 0.1) is 0 Å². The third-order valence-electron chi connectivity index (χ3n) is 3.44. The Morgan fingerprint density at radius 3 is 2.84 bits per heavy atom. The summed E-state index contributed by atoms with van der Waals surface area (Å²) in [7, 11) is 0. The van der Waals surface area contributed by atoms with Gasteiger partial charge in [-0.3, -0.25) is 4.98 Å². The van der Waals surface area contributed by atoms with Crippen molar-refractivity contribution in [2.45, 2.75) is 31.8 Å². The van der Waals surface area contributed by atoms with Crippen LogP contribution in [0.15, 0.2) is 42.7 Å². The monoisotopic (exact) mass is 272 g/mol. The number of nitrogens with one attached hydrogen (secondary N) is 1. The molecule has 2 nitrogen and oxygen atoms in total. The van der Waals surface area contributed by atoms with Crippen LogP contribution in [0.25, 0.3) is 0 Å². The van der Waals surface area contributed by atoms with Crippen molar-refractivity contribution in [1.29, 1.82) is 0 Å². The third kappa shape index (κ3) is 3.55. The third-order valence-corrected chi connectivity index (χ3v) is 3.68. The average Bonchev–Trinajstić information content (AvgIpc) is 3.23. The first-order valence-electron chi connectivity index (χ1n) is 6.71. The molecule has 0 spiro atoms. The Morgan fingerprint density at radius 1 is 1.21 bits per heavy atom. The Balaban J connectivity index is 1.78. The molecule has 0 aliphatic heterocycles. The minimum Gasteiger partial charge on any atom is -0.310 e. The Kier molecular flexibility index (Phi) is 3.81. The predicted octanol–water partition coefficient (Wildman–Crippen LogP) is 3.58. The van der Waals surface area contributed by atoms with E-state index in [-0.39, 0.29) is 0 Å². The summed E-state index contributed by atoms with van der Waals surface area (Å²) >= 11 is 6.12. The molecule has 98 valence electrons. The highest BCUT2D eigenvalue weighted by atomic mass is 35.5. The standard InChI is InChI=1S/C16H17ClN2/c17-15-4-3-13(11-19-16-5-6-16)14(9-15)8-12-2-1-7-18-10-12/h1-4,7,9-10,16,19H,5-6,8,11H2. The summed E-state index contributed by atoms with van der Waals surface area (Å²) in [4.78, 5) is 4.17. The summed E-state index contributed by atoms with van der Waals surface area (Å²) in [6.07, 6.45) is 7.23. The number of rotatable bonds is 5. The Bertz CT molecular complexity index is 550. The van der Waals surface area contributed by atoms with Crippen molar-refractivity contribution < 1.29 is 0 Å². The van der Waals surface area contributed by atoms with Crippen molar-refractivity contribution in [3.63, 3.8) is 0 Å². The molecule has 19 heavy (non-hydrogen) atoms. The molecule has 1 N–H and O–H groups in total. The highest BCUT2D eigenvalue weighted by Crippen LogP contribution is 2.22. The van der Waals surface area contributed by atoms with E-state index in [0.717, 1.165) is 24.0 Å². The zero-order valence-corrected chi connectivity index (χ0v) is 11.5. The van der Waals surface area contributed by atoms with E-state index in [0.29, 0.717) is 0 Å².